The second-order valence-electron chi connectivity index (χ2n) is 5.30. The van der Waals surface area contributed by atoms with Gasteiger partial charge in [0.25, 0.3) is 0 Å². The third-order valence-electron chi connectivity index (χ3n) is 3.76. The Morgan fingerprint density at radius 1 is 0.955 bits per heavy atom. The van der Waals surface area contributed by atoms with E-state index < -0.39 is 0 Å². The summed E-state index contributed by atoms with van der Waals surface area (Å²) in [4.78, 5) is 7.89. The van der Waals surface area contributed by atoms with Gasteiger partial charge in [-0.1, -0.05) is 60.7 Å². The number of imidazole rings is 1. The Hall–Kier alpha value is -2.39. The molecule has 1 N–H and O–H groups in total. The van der Waals surface area contributed by atoms with Crippen LogP contribution >= 0.6 is 0 Å². The molecule has 1 aromatic heterocycles. The van der Waals surface area contributed by atoms with E-state index >= 15 is 0 Å². The van der Waals surface area contributed by atoms with Gasteiger partial charge in [-0.25, -0.2) is 4.98 Å². The summed E-state index contributed by atoms with van der Waals surface area (Å²) in [6.07, 6.45) is 3.66. The van der Waals surface area contributed by atoms with Crippen molar-refractivity contribution in [3.05, 3.63) is 89.5 Å². The van der Waals surface area contributed by atoms with Crippen LogP contribution in [0.3, 0.4) is 0 Å². The molecule has 22 heavy (non-hydrogen) atoms. The third-order valence-corrected chi connectivity index (χ3v) is 3.76. The Kier molecular flexibility index (Phi) is 4.66. The van der Waals surface area contributed by atoms with Crippen molar-refractivity contribution in [3.63, 3.8) is 0 Å². The molecule has 112 valence electrons. The molecule has 3 nitrogen and oxygen atoms in total. The molecule has 0 bridgehead atoms. The lowest BCUT2D eigenvalue weighted by atomic mass is 10.1. The summed E-state index contributed by atoms with van der Waals surface area (Å²) in [5.41, 5.74) is 3.45. The summed E-state index contributed by atoms with van der Waals surface area (Å²) in [6.45, 7) is 0. The van der Waals surface area contributed by atoms with Crippen LogP contribution in [0.1, 0.15) is 28.7 Å². The Morgan fingerprint density at radius 3 is 2.32 bits per heavy atom. The first-order valence-corrected chi connectivity index (χ1v) is 7.52. The molecule has 0 saturated carbocycles. The van der Waals surface area contributed by atoms with E-state index in [1.165, 1.54) is 5.56 Å². The lowest BCUT2D eigenvalue weighted by Crippen LogP contribution is -2.04. The fraction of sp³-hybridized carbons (Fsp3) is 0.211. The van der Waals surface area contributed by atoms with Crippen molar-refractivity contribution in [3.8, 4) is 0 Å². The Balaban J connectivity index is 1.70. The first kappa shape index (κ1) is 14.5. The van der Waals surface area contributed by atoms with Crippen molar-refractivity contribution in [2.45, 2.75) is 18.9 Å². The van der Waals surface area contributed by atoms with Gasteiger partial charge < -0.3 is 9.72 Å². The molecule has 1 unspecified atom stereocenters. The van der Waals surface area contributed by atoms with Crippen molar-refractivity contribution in [1.82, 2.24) is 9.97 Å². The van der Waals surface area contributed by atoms with Crippen LogP contribution in [0, 0.1) is 0 Å². The van der Waals surface area contributed by atoms with Crippen molar-refractivity contribution >= 4 is 0 Å². The van der Waals surface area contributed by atoms with Crippen molar-refractivity contribution < 1.29 is 4.74 Å². The fourth-order valence-electron chi connectivity index (χ4n) is 2.62. The number of ether oxygens (including phenoxy) is 1. The van der Waals surface area contributed by atoms with E-state index in [4.69, 9.17) is 4.74 Å². The van der Waals surface area contributed by atoms with Crippen LogP contribution in [0.5, 0.6) is 0 Å². The zero-order valence-electron chi connectivity index (χ0n) is 12.7. The maximum atomic E-state index is 5.63. The summed E-state index contributed by atoms with van der Waals surface area (Å²) < 4.78 is 5.63. The number of aromatic nitrogens is 2. The molecule has 0 spiro atoms. The van der Waals surface area contributed by atoms with Gasteiger partial charge in [0.1, 0.15) is 11.9 Å². The van der Waals surface area contributed by atoms with Gasteiger partial charge in [-0.05, 0) is 17.5 Å². The highest BCUT2D eigenvalue weighted by Crippen LogP contribution is 2.23. The fourth-order valence-corrected chi connectivity index (χ4v) is 2.62. The van der Waals surface area contributed by atoms with Crippen molar-refractivity contribution in [2.24, 2.45) is 0 Å². The number of rotatable bonds is 6. The molecule has 0 saturated heterocycles. The molecule has 0 aliphatic carbocycles. The molecule has 0 fully saturated rings. The lowest BCUT2D eigenvalue weighted by molar-refractivity contribution is 0.133. The standard InChI is InChI=1S/C19H20N2O/c1-22-19(16-10-6-3-7-11-16)17-14-20-18(21-17)13-12-15-8-4-2-5-9-15/h2-11,14,19H,12-13H2,1H3,(H,20,21). The van der Waals surface area contributed by atoms with Gasteiger partial charge in [-0.15, -0.1) is 0 Å². The number of methoxy groups -OCH3 is 1. The average Bonchev–Trinajstić information content (AvgIpc) is 3.04. The molecule has 3 aromatic rings. The minimum Gasteiger partial charge on any atom is -0.370 e. The van der Waals surface area contributed by atoms with Crippen LogP contribution in [-0.2, 0) is 17.6 Å². The van der Waals surface area contributed by atoms with E-state index in [0.717, 1.165) is 29.9 Å². The van der Waals surface area contributed by atoms with Gasteiger partial charge in [0, 0.05) is 13.5 Å². The summed E-state index contributed by atoms with van der Waals surface area (Å²) in [7, 11) is 1.72. The van der Waals surface area contributed by atoms with Crippen LogP contribution < -0.4 is 0 Å². The SMILES string of the molecule is COC(c1ccccc1)c1cnc(CCc2ccccc2)[nH]1. The number of nitrogens with zero attached hydrogens (tertiary/aromatic N) is 1. The molecule has 1 heterocycles. The van der Waals surface area contributed by atoms with Gasteiger partial charge in [-0.2, -0.15) is 0 Å². The number of benzene rings is 2. The van der Waals surface area contributed by atoms with Gasteiger partial charge in [0.05, 0.1) is 11.9 Å². The van der Waals surface area contributed by atoms with Crippen LogP contribution in [-0.4, -0.2) is 17.1 Å². The number of aryl methyl sites for hydroxylation is 2. The second-order valence-corrected chi connectivity index (χ2v) is 5.30. The minimum atomic E-state index is -0.0980. The molecule has 0 amide bonds. The van der Waals surface area contributed by atoms with Crippen LogP contribution in [0.25, 0.3) is 0 Å². The minimum absolute atomic E-state index is 0.0980. The van der Waals surface area contributed by atoms with E-state index in [1.54, 1.807) is 7.11 Å². The van der Waals surface area contributed by atoms with Crippen molar-refractivity contribution in [2.75, 3.05) is 7.11 Å². The van der Waals surface area contributed by atoms with E-state index in [9.17, 15) is 0 Å². The van der Waals surface area contributed by atoms with Gasteiger partial charge in [0.2, 0.25) is 0 Å². The molecule has 0 radical (unpaired) electrons. The van der Waals surface area contributed by atoms with Gasteiger partial charge in [-0.3, -0.25) is 0 Å². The topological polar surface area (TPSA) is 37.9 Å². The molecular weight excluding hydrogens is 272 g/mol. The highest BCUT2D eigenvalue weighted by molar-refractivity contribution is 5.25. The number of nitrogens with one attached hydrogen (secondary N) is 1. The van der Waals surface area contributed by atoms with E-state index in [-0.39, 0.29) is 6.10 Å². The number of hydrogen-bond donors (Lipinski definition) is 1. The second kappa shape index (κ2) is 7.05. The first-order valence-electron chi connectivity index (χ1n) is 7.52. The number of aromatic amines is 1. The van der Waals surface area contributed by atoms with Crippen LogP contribution in [0.15, 0.2) is 66.9 Å². The summed E-state index contributed by atoms with van der Waals surface area (Å²) in [5.74, 6) is 0.997. The maximum Gasteiger partial charge on any atom is 0.123 e. The van der Waals surface area contributed by atoms with Crippen LogP contribution in [0.4, 0.5) is 0 Å². The molecule has 0 aliphatic heterocycles. The zero-order valence-corrected chi connectivity index (χ0v) is 12.7. The van der Waals surface area contributed by atoms with Crippen molar-refractivity contribution in [1.29, 1.82) is 0 Å². The maximum absolute atomic E-state index is 5.63. The average molecular weight is 292 g/mol. The quantitative estimate of drug-likeness (QED) is 0.747. The largest absolute Gasteiger partial charge is 0.370 e. The zero-order chi connectivity index (χ0) is 15.2. The monoisotopic (exact) mass is 292 g/mol. The predicted octanol–water partition coefficient (Wildman–Crippen LogP) is 3.93. The third kappa shape index (κ3) is 3.43. The molecule has 1 atom stereocenters. The van der Waals surface area contributed by atoms with E-state index in [2.05, 4.69) is 46.4 Å². The molecular formula is C19H20N2O. The molecule has 2 aromatic carbocycles. The summed E-state index contributed by atoms with van der Waals surface area (Å²) >= 11 is 0. The van der Waals surface area contributed by atoms with E-state index in [1.807, 2.05) is 30.5 Å². The Morgan fingerprint density at radius 2 is 1.64 bits per heavy atom. The first-order chi connectivity index (χ1) is 10.9. The summed E-state index contributed by atoms with van der Waals surface area (Å²) in [6, 6.07) is 20.7. The number of hydrogen-bond acceptors (Lipinski definition) is 2. The normalized spacial score (nSPS) is 12.2. The smallest absolute Gasteiger partial charge is 0.123 e. The molecule has 3 heteroatoms. The summed E-state index contributed by atoms with van der Waals surface area (Å²) in [5, 5.41) is 0. The molecule has 0 aliphatic rings. The van der Waals surface area contributed by atoms with Gasteiger partial charge >= 0.3 is 0 Å². The Bertz CT molecular complexity index is 692. The Labute approximate surface area is 131 Å². The number of H-pyrrole nitrogens is 1. The molecule has 3 rings (SSSR count). The highest BCUT2D eigenvalue weighted by Gasteiger charge is 2.15. The highest BCUT2D eigenvalue weighted by atomic mass is 16.5. The van der Waals surface area contributed by atoms with Gasteiger partial charge in [0.15, 0.2) is 0 Å². The van der Waals surface area contributed by atoms with Crippen LogP contribution in [0.2, 0.25) is 0 Å². The lowest BCUT2D eigenvalue weighted by Gasteiger charge is -2.13. The predicted molar refractivity (Wildman–Crippen MR) is 87.7 cm³/mol. The van der Waals surface area contributed by atoms with E-state index in [0.29, 0.717) is 0 Å².